The van der Waals surface area contributed by atoms with E-state index in [2.05, 4.69) is 38.9 Å². The van der Waals surface area contributed by atoms with Gasteiger partial charge in [-0.15, -0.1) is 0 Å². The van der Waals surface area contributed by atoms with E-state index >= 15 is 0 Å². The van der Waals surface area contributed by atoms with Crippen molar-refractivity contribution in [2.24, 2.45) is 39.5 Å². The van der Waals surface area contributed by atoms with Crippen LogP contribution in [0.2, 0.25) is 0 Å². The van der Waals surface area contributed by atoms with E-state index in [0.717, 1.165) is 37.5 Å². The molecule has 0 amide bonds. The molecule has 0 aliphatic heterocycles. The third-order valence-electron chi connectivity index (χ3n) is 11.3. The molecule has 5 rings (SSSR count). The van der Waals surface area contributed by atoms with Gasteiger partial charge in [-0.25, -0.2) is 17.6 Å². The molecular weight excluding hydrogens is 524 g/mol. The van der Waals surface area contributed by atoms with Crippen LogP contribution in [0, 0.1) is 64.7 Å². The monoisotopic (exact) mass is 574 g/mol. The molecule has 0 spiro atoms. The molecule has 1 aromatic rings. The SMILES string of the molecule is C=C(CCN=C1CCC2(C)C(CCC3C4CCC(=C)C4(C)CCC32)C1)NC(=C)c1c(F)c(F)c(C)c(F)c1F.CC.[HH]. The molecule has 6 unspecified atom stereocenters. The van der Waals surface area contributed by atoms with Gasteiger partial charge in [0.15, 0.2) is 23.3 Å². The van der Waals surface area contributed by atoms with Gasteiger partial charge in [0.25, 0.3) is 0 Å². The third kappa shape index (κ3) is 5.45. The highest BCUT2D eigenvalue weighted by Gasteiger charge is 2.58. The molecule has 228 valence electrons. The second-order valence-corrected chi connectivity index (χ2v) is 13.1. The van der Waals surface area contributed by atoms with Crippen LogP contribution in [0.5, 0.6) is 0 Å². The number of aliphatic imine (C=N–C) groups is 1. The smallest absolute Gasteiger partial charge is 0.171 e. The molecule has 4 aliphatic carbocycles. The fraction of sp³-hybridized carbons (Fsp3) is 0.629. The van der Waals surface area contributed by atoms with Crippen molar-refractivity contribution in [2.45, 2.75) is 98.8 Å². The number of nitrogens with one attached hydrogen (secondary N) is 1. The Bertz CT molecular complexity index is 1230. The number of nitrogens with zero attached hydrogens (tertiary/aromatic N) is 1. The lowest BCUT2D eigenvalue weighted by atomic mass is 9.45. The summed E-state index contributed by atoms with van der Waals surface area (Å²) in [4.78, 5) is 4.88. The molecule has 2 nitrogen and oxygen atoms in total. The summed E-state index contributed by atoms with van der Waals surface area (Å²) < 4.78 is 56.6. The van der Waals surface area contributed by atoms with Gasteiger partial charge in [0.05, 0.1) is 5.56 Å². The first kappa shape index (κ1) is 31.6. The van der Waals surface area contributed by atoms with E-state index in [1.807, 2.05) is 13.8 Å². The minimum atomic E-state index is -1.46. The molecule has 0 aromatic heterocycles. The quantitative estimate of drug-likeness (QED) is 0.204. The molecule has 1 N–H and O–H groups in total. The zero-order valence-electron chi connectivity index (χ0n) is 25.7. The van der Waals surface area contributed by atoms with Crippen LogP contribution < -0.4 is 5.32 Å². The van der Waals surface area contributed by atoms with Gasteiger partial charge in [-0.3, -0.25) is 4.99 Å². The molecule has 6 atom stereocenters. The minimum absolute atomic E-state index is 0. The standard InChI is InChI=1S/C33H42F4N2.C2H6.H2/c1-18-7-10-25-24-9-8-22-17-23(11-14-33(22,6)26(24)12-15-32(18,25)5)38-16-13-19(2)39-21(4)27-30(36)28(34)20(3)29(35)31(27)37;1-2;/h22,24-26,39H,1-2,4,7-17H2,3,5-6H3;1-2H3;1H. The topological polar surface area (TPSA) is 24.4 Å². The summed E-state index contributed by atoms with van der Waals surface area (Å²) in [6.07, 6.45) is 11.4. The summed E-state index contributed by atoms with van der Waals surface area (Å²) >= 11 is 0. The first-order valence-corrected chi connectivity index (χ1v) is 15.6. The van der Waals surface area contributed by atoms with Crippen LogP contribution >= 0.6 is 0 Å². The summed E-state index contributed by atoms with van der Waals surface area (Å²) in [5, 5.41) is 2.72. The molecular formula is C35H50F4N2. The van der Waals surface area contributed by atoms with Crippen LogP contribution in [0.25, 0.3) is 5.70 Å². The molecule has 4 saturated carbocycles. The van der Waals surface area contributed by atoms with Crippen molar-refractivity contribution in [3.63, 3.8) is 0 Å². The number of hydrogen-bond donors (Lipinski definition) is 1. The molecule has 0 heterocycles. The van der Waals surface area contributed by atoms with Gasteiger partial charge >= 0.3 is 0 Å². The predicted octanol–water partition coefficient (Wildman–Crippen LogP) is 10.3. The minimum Gasteiger partial charge on any atom is -0.359 e. The highest BCUT2D eigenvalue weighted by atomic mass is 19.2. The number of allylic oxidation sites excluding steroid dienone is 1. The van der Waals surface area contributed by atoms with Gasteiger partial charge in [-0.05, 0) is 99.2 Å². The van der Waals surface area contributed by atoms with Crippen LogP contribution in [0.15, 0.2) is 36.0 Å². The normalized spacial score (nSPS) is 33.3. The number of fused-ring (bicyclic) bond motifs is 5. The highest BCUT2D eigenvalue weighted by Crippen LogP contribution is 2.66. The second kappa shape index (κ2) is 12.1. The Morgan fingerprint density at radius 3 is 2.24 bits per heavy atom. The Hall–Kier alpha value is -2.37. The Balaban J connectivity index is 0.00000158. The maximum Gasteiger partial charge on any atom is 0.171 e. The zero-order chi connectivity index (χ0) is 30.3. The van der Waals surface area contributed by atoms with Crippen molar-refractivity contribution in [3.8, 4) is 0 Å². The number of hydrogen-bond acceptors (Lipinski definition) is 2. The van der Waals surface area contributed by atoms with E-state index in [-0.39, 0.29) is 7.12 Å². The lowest BCUT2D eigenvalue weighted by molar-refractivity contribution is -0.0855. The van der Waals surface area contributed by atoms with E-state index in [0.29, 0.717) is 35.4 Å². The third-order valence-corrected chi connectivity index (χ3v) is 11.3. The van der Waals surface area contributed by atoms with E-state index in [1.54, 1.807) is 0 Å². The summed E-state index contributed by atoms with van der Waals surface area (Å²) in [5.74, 6) is -2.66. The van der Waals surface area contributed by atoms with Crippen molar-refractivity contribution < 1.29 is 19.0 Å². The summed E-state index contributed by atoms with van der Waals surface area (Å²) in [7, 11) is 0. The van der Waals surface area contributed by atoms with E-state index in [4.69, 9.17) is 4.99 Å². The second-order valence-electron chi connectivity index (χ2n) is 13.1. The number of halogens is 4. The Kier molecular flexibility index (Phi) is 9.31. The van der Waals surface area contributed by atoms with E-state index in [9.17, 15) is 17.6 Å². The van der Waals surface area contributed by atoms with E-state index in [1.165, 1.54) is 56.2 Å². The summed E-state index contributed by atoms with van der Waals surface area (Å²) in [6, 6.07) is 0. The Labute approximate surface area is 246 Å². The molecule has 0 bridgehead atoms. The van der Waals surface area contributed by atoms with Crippen molar-refractivity contribution in [2.75, 3.05) is 6.54 Å². The van der Waals surface area contributed by atoms with Gasteiger partial charge in [0.1, 0.15) is 0 Å². The van der Waals surface area contributed by atoms with Gasteiger partial charge in [-0.1, -0.05) is 53.0 Å². The molecule has 1 aromatic carbocycles. The van der Waals surface area contributed by atoms with Gasteiger partial charge in [0, 0.05) is 37.1 Å². The van der Waals surface area contributed by atoms with Gasteiger partial charge < -0.3 is 5.32 Å². The maximum absolute atomic E-state index is 14.3. The van der Waals surface area contributed by atoms with Crippen LogP contribution in [0.1, 0.15) is 104 Å². The molecule has 4 aliphatic rings. The Morgan fingerprint density at radius 1 is 0.927 bits per heavy atom. The molecule has 0 saturated heterocycles. The van der Waals surface area contributed by atoms with Crippen LogP contribution in [0.3, 0.4) is 0 Å². The van der Waals surface area contributed by atoms with Gasteiger partial charge in [-0.2, -0.15) is 0 Å². The number of benzene rings is 1. The largest absolute Gasteiger partial charge is 0.359 e. The number of rotatable bonds is 6. The summed E-state index contributed by atoms with van der Waals surface area (Å²) in [5.41, 5.74) is 2.11. The van der Waals surface area contributed by atoms with Gasteiger partial charge in [0.2, 0.25) is 0 Å². The van der Waals surface area contributed by atoms with E-state index < -0.39 is 34.4 Å². The molecule has 0 radical (unpaired) electrons. The average Bonchev–Trinajstić information content (AvgIpc) is 3.26. The fourth-order valence-electron chi connectivity index (χ4n) is 8.80. The highest BCUT2D eigenvalue weighted by molar-refractivity contribution is 5.85. The van der Waals surface area contributed by atoms with Crippen molar-refractivity contribution in [1.29, 1.82) is 0 Å². The molecule has 41 heavy (non-hydrogen) atoms. The first-order chi connectivity index (χ1) is 19.4. The van der Waals surface area contributed by atoms with Crippen LogP contribution in [-0.4, -0.2) is 12.3 Å². The first-order valence-electron chi connectivity index (χ1n) is 15.6. The molecule has 6 heteroatoms. The van der Waals surface area contributed by atoms with Crippen molar-refractivity contribution in [3.05, 3.63) is 65.4 Å². The zero-order valence-corrected chi connectivity index (χ0v) is 25.7. The summed E-state index contributed by atoms with van der Waals surface area (Å²) in [6.45, 7) is 22.4. The van der Waals surface area contributed by atoms with Crippen LogP contribution in [0.4, 0.5) is 17.6 Å². The lowest BCUT2D eigenvalue weighted by Crippen LogP contribution is -2.52. The lowest BCUT2D eigenvalue weighted by Gasteiger charge is -2.60. The fourth-order valence-corrected chi connectivity index (χ4v) is 8.80. The van der Waals surface area contributed by atoms with Crippen LogP contribution in [-0.2, 0) is 0 Å². The predicted molar refractivity (Wildman–Crippen MR) is 164 cm³/mol. The maximum atomic E-state index is 14.3. The van der Waals surface area contributed by atoms with Crippen molar-refractivity contribution >= 4 is 11.4 Å². The Morgan fingerprint density at radius 2 is 1.59 bits per heavy atom. The van der Waals surface area contributed by atoms with Crippen molar-refractivity contribution in [1.82, 2.24) is 5.32 Å². The average molecular weight is 575 g/mol. The molecule has 4 fully saturated rings.